The zero-order chi connectivity index (χ0) is 21.8. The number of fused-ring (bicyclic) bond motifs is 5. The second kappa shape index (κ2) is 7.82. The average molecular weight is 434 g/mol. The standard InChI is InChI=1S/C24H36FN3O3/c1-23-8-5-17-15(16(23)3-4-22(23)29)11-20(27-30)18-12-21(19(25)13-24(17,18)2)28-31-14-6-9-26-10-7-14/h14-19,26,30H,3-13H2,1-2H3/b27-20+,28-21-/t15-,16-,17-,18?,19+,23-,24+/m0/s1. The highest BCUT2D eigenvalue weighted by Crippen LogP contribution is 2.64. The Morgan fingerprint density at radius 2 is 1.87 bits per heavy atom. The maximum Gasteiger partial charge on any atom is 0.142 e. The lowest BCUT2D eigenvalue weighted by Crippen LogP contribution is -2.58. The van der Waals surface area contributed by atoms with Crippen LogP contribution in [0.5, 0.6) is 0 Å². The van der Waals surface area contributed by atoms with Crippen LogP contribution >= 0.6 is 0 Å². The number of halogens is 1. The van der Waals surface area contributed by atoms with Crippen molar-refractivity contribution < 1.29 is 19.2 Å². The van der Waals surface area contributed by atoms with Crippen LogP contribution in [-0.2, 0) is 9.63 Å². The summed E-state index contributed by atoms with van der Waals surface area (Å²) in [5.41, 5.74) is 0.723. The molecule has 0 aromatic heterocycles. The van der Waals surface area contributed by atoms with Crippen LogP contribution in [0.1, 0.15) is 71.6 Å². The monoisotopic (exact) mass is 433 g/mol. The van der Waals surface area contributed by atoms with Gasteiger partial charge in [0, 0.05) is 24.2 Å². The lowest BCUT2D eigenvalue weighted by Gasteiger charge is -2.59. The van der Waals surface area contributed by atoms with E-state index in [2.05, 4.69) is 29.5 Å². The van der Waals surface area contributed by atoms with Crippen molar-refractivity contribution >= 4 is 17.2 Å². The Balaban J connectivity index is 1.39. The molecule has 1 aliphatic heterocycles. The summed E-state index contributed by atoms with van der Waals surface area (Å²) in [6.45, 7) is 6.13. The molecule has 5 rings (SSSR count). The van der Waals surface area contributed by atoms with Crippen LogP contribution in [0.15, 0.2) is 10.3 Å². The number of carbonyl (C=O) groups is 1. The molecule has 0 radical (unpaired) electrons. The maximum atomic E-state index is 15.4. The topological polar surface area (TPSA) is 83.3 Å². The van der Waals surface area contributed by atoms with Gasteiger partial charge in [0.2, 0.25) is 0 Å². The molecule has 7 heteroatoms. The zero-order valence-electron chi connectivity index (χ0n) is 18.8. The first-order valence-electron chi connectivity index (χ1n) is 12.2. The van der Waals surface area contributed by atoms with Crippen molar-refractivity contribution in [1.82, 2.24) is 5.32 Å². The van der Waals surface area contributed by atoms with E-state index in [9.17, 15) is 10.0 Å². The van der Waals surface area contributed by atoms with E-state index >= 15 is 4.39 Å². The minimum atomic E-state index is -1.12. The first-order valence-corrected chi connectivity index (χ1v) is 12.2. The van der Waals surface area contributed by atoms with Gasteiger partial charge in [-0.15, -0.1) is 0 Å². The Morgan fingerprint density at radius 3 is 2.61 bits per heavy atom. The Bertz CT molecular complexity index is 795. The maximum absolute atomic E-state index is 15.4. The van der Waals surface area contributed by atoms with Crippen molar-refractivity contribution in [3.63, 3.8) is 0 Å². The summed E-state index contributed by atoms with van der Waals surface area (Å²) in [4.78, 5) is 18.4. The third-order valence-electron chi connectivity index (χ3n) is 9.76. The minimum Gasteiger partial charge on any atom is -0.411 e. The third-order valence-corrected chi connectivity index (χ3v) is 9.76. The van der Waals surface area contributed by atoms with Gasteiger partial charge in [-0.25, -0.2) is 4.39 Å². The number of oxime groups is 2. The van der Waals surface area contributed by atoms with Crippen LogP contribution in [0.3, 0.4) is 0 Å². The Morgan fingerprint density at radius 1 is 1.10 bits per heavy atom. The predicted molar refractivity (Wildman–Crippen MR) is 116 cm³/mol. The molecule has 1 unspecified atom stereocenters. The number of piperidine rings is 1. The zero-order valence-corrected chi connectivity index (χ0v) is 18.8. The summed E-state index contributed by atoms with van der Waals surface area (Å²) in [5.74, 6) is 1.36. The number of Topliss-reactive ketones (excluding diaryl/α,β-unsaturated/α-hetero) is 1. The van der Waals surface area contributed by atoms with E-state index < -0.39 is 6.17 Å². The highest BCUT2D eigenvalue weighted by atomic mass is 19.1. The molecule has 172 valence electrons. The normalized spacial score (nSPS) is 48.4. The van der Waals surface area contributed by atoms with Gasteiger partial charge in [0.15, 0.2) is 0 Å². The molecule has 6 nitrogen and oxygen atoms in total. The van der Waals surface area contributed by atoms with Crippen LogP contribution < -0.4 is 5.32 Å². The van der Waals surface area contributed by atoms with Gasteiger partial charge in [-0.3, -0.25) is 4.79 Å². The molecule has 5 aliphatic rings. The second-order valence-electron chi connectivity index (χ2n) is 11.2. The average Bonchev–Trinajstić information content (AvgIpc) is 3.07. The molecule has 0 aromatic rings. The van der Waals surface area contributed by atoms with Gasteiger partial charge in [0.05, 0.1) is 11.4 Å². The first kappa shape index (κ1) is 21.4. The van der Waals surface area contributed by atoms with Gasteiger partial charge in [0.25, 0.3) is 0 Å². The quantitative estimate of drug-likeness (QED) is 0.507. The summed E-state index contributed by atoms with van der Waals surface area (Å²) in [6, 6.07) is 0. The van der Waals surface area contributed by atoms with Crippen LogP contribution in [-0.4, -0.2) is 47.8 Å². The number of hydrogen-bond donors (Lipinski definition) is 2. The Kier molecular flexibility index (Phi) is 5.39. The Labute approximate surface area is 184 Å². The van der Waals surface area contributed by atoms with Crippen molar-refractivity contribution in [2.75, 3.05) is 13.1 Å². The number of ketones is 1. The molecule has 0 spiro atoms. The molecule has 1 heterocycles. The summed E-state index contributed by atoms with van der Waals surface area (Å²) in [7, 11) is 0. The molecule has 4 aliphatic carbocycles. The number of carbonyl (C=O) groups excluding carboxylic acids is 1. The second-order valence-corrected chi connectivity index (χ2v) is 11.2. The fraction of sp³-hybridized carbons (Fsp3) is 0.875. The van der Waals surface area contributed by atoms with Gasteiger partial charge in [-0.05, 0) is 81.2 Å². The summed E-state index contributed by atoms with van der Waals surface area (Å²) in [5, 5.41) is 21.3. The van der Waals surface area contributed by atoms with E-state index in [-0.39, 0.29) is 22.9 Å². The Hall–Kier alpha value is -1.50. The molecule has 5 fully saturated rings. The van der Waals surface area contributed by atoms with Crippen molar-refractivity contribution in [1.29, 1.82) is 0 Å². The number of alkyl halides is 1. The molecule has 0 amide bonds. The van der Waals surface area contributed by atoms with Crippen molar-refractivity contribution in [3.05, 3.63) is 0 Å². The lowest BCUT2D eigenvalue weighted by molar-refractivity contribution is -0.133. The van der Waals surface area contributed by atoms with Crippen LogP contribution in [0, 0.1) is 34.5 Å². The fourth-order valence-electron chi connectivity index (χ4n) is 7.92. The van der Waals surface area contributed by atoms with Gasteiger partial charge < -0.3 is 15.4 Å². The van der Waals surface area contributed by atoms with E-state index in [1.807, 2.05) is 0 Å². The molecule has 31 heavy (non-hydrogen) atoms. The molecule has 2 N–H and O–H groups in total. The third kappa shape index (κ3) is 3.33. The van der Waals surface area contributed by atoms with Gasteiger partial charge in [0.1, 0.15) is 18.1 Å². The van der Waals surface area contributed by atoms with Crippen LogP contribution in [0.2, 0.25) is 0 Å². The van der Waals surface area contributed by atoms with Crippen molar-refractivity contribution in [3.8, 4) is 0 Å². The molecule has 0 bridgehead atoms. The number of rotatable bonds is 2. The number of nitrogens with one attached hydrogen (secondary N) is 1. The summed E-state index contributed by atoms with van der Waals surface area (Å²) < 4.78 is 15.4. The predicted octanol–water partition coefficient (Wildman–Crippen LogP) is 4.11. The largest absolute Gasteiger partial charge is 0.411 e. The lowest BCUT2D eigenvalue weighted by atomic mass is 9.44. The molecule has 7 atom stereocenters. The van der Waals surface area contributed by atoms with E-state index in [0.717, 1.165) is 50.9 Å². The van der Waals surface area contributed by atoms with Gasteiger partial charge in [-0.1, -0.05) is 24.2 Å². The SMILES string of the molecule is C[C@]12C[C@@H](F)/C(=N\OC3CCNCC3)CC1/C(=N/O)C[C@@H]1[C@@H]2CC[C@]2(C)C(=O)CC[C@@H]12. The van der Waals surface area contributed by atoms with Crippen molar-refractivity contribution in [2.45, 2.75) is 83.9 Å². The smallest absolute Gasteiger partial charge is 0.142 e. The summed E-state index contributed by atoms with van der Waals surface area (Å²) in [6.07, 6.45) is 5.72. The van der Waals surface area contributed by atoms with Crippen molar-refractivity contribution in [2.24, 2.45) is 44.8 Å². The molecule has 1 saturated heterocycles. The molecule has 4 saturated carbocycles. The molecular formula is C24H36FN3O3. The van der Waals surface area contributed by atoms with E-state index in [0.29, 0.717) is 54.9 Å². The van der Waals surface area contributed by atoms with E-state index in [4.69, 9.17) is 4.84 Å². The highest BCUT2D eigenvalue weighted by Gasteiger charge is 2.62. The van der Waals surface area contributed by atoms with Gasteiger partial charge >= 0.3 is 0 Å². The molecule has 0 aromatic carbocycles. The number of hydrogen-bond acceptors (Lipinski definition) is 6. The van der Waals surface area contributed by atoms with Crippen LogP contribution in [0.4, 0.5) is 4.39 Å². The number of nitrogens with zero attached hydrogens (tertiary/aromatic N) is 2. The highest BCUT2D eigenvalue weighted by molar-refractivity contribution is 5.97. The minimum absolute atomic E-state index is 0.0115. The van der Waals surface area contributed by atoms with Crippen LogP contribution in [0.25, 0.3) is 0 Å². The first-order chi connectivity index (χ1) is 14.9. The summed E-state index contributed by atoms with van der Waals surface area (Å²) >= 11 is 0. The van der Waals surface area contributed by atoms with Gasteiger partial charge in [-0.2, -0.15) is 0 Å². The fourth-order valence-corrected chi connectivity index (χ4v) is 7.92. The van der Waals surface area contributed by atoms with E-state index in [1.54, 1.807) is 0 Å². The van der Waals surface area contributed by atoms with E-state index in [1.165, 1.54) is 0 Å². The molecular weight excluding hydrogens is 397 g/mol.